The fraction of sp³-hybridized carbons (Fsp3) is 0.895. The summed E-state index contributed by atoms with van der Waals surface area (Å²) >= 11 is 0. The fourth-order valence-corrected chi connectivity index (χ4v) is 4.24. The van der Waals surface area contributed by atoms with Gasteiger partial charge in [0.15, 0.2) is 5.96 Å². The number of likely N-dealkylation sites (N-methyl/N-ethyl adjacent to an activating group) is 1. The third-order valence-corrected chi connectivity index (χ3v) is 6.10. The van der Waals surface area contributed by atoms with E-state index in [-0.39, 0.29) is 17.4 Å². The largest absolute Gasteiger partial charge is 0.469 e. The number of carbonyl (C=O) groups excluding carboxylic acids is 1. The topological polar surface area (TPSA) is 57.2 Å². The SMILES string of the molecule is CN=C(NCC1(N(C)C)CCCCCC1)N1CCC(C(=O)OC)CC1. The van der Waals surface area contributed by atoms with Crippen LogP contribution >= 0.6 is 0 Å². The molecule has 0 amide bonds. The number of aliphatic imine (C=N–C) groups is 1. The van der Waals surface area contributed by atoms with Gasteiger partial charge in [0.25, 0.3) is 0 Å². The van der Waals surface area contributed by atoms with Crippen LogP contribution in [-0.4, -0.2) is 75.2 Å². The Morgan fingerprint density at radius 3 is 2.28 bits per heavy atom. The summed E-state index contributed by atoms with van der Waals surface area (Å²) < 4.78 is 4.88. The van der Waals surface area contributed by atoms with Crippen LogP contribution in [0.5, 0.6) is 0 Å². The lowest BCUT2D eigenvalue weighted by Gasteiger charge is -2.41. The highest BCUT2D eigenvalue weighted by molar-refractivity contribution is 5.80. The Hall–Kier alpha value is -1.30. The van der Waals surface area contributed by atoms with Gasteiger partial charge < -0.3 is 19.9 Å². The number of rotatable bonds is 4. The van der Waals surface area contributed by atoms with Crippen molar-refractivity contribution in [2.75, 3.05) is 47.9 Å². The molecule has 0 aromatic heterocycles. The number of carbonyl (C=O) groups is 1. The second-order valence-electron chi connectivity index (χ2n) is 7.72. The van der Waals surface area contributed by atoms with E-state index in [0.29, 0.717) is 0 Å². The van der Waals surface area contributed by atoms with Crippen molar-refractivity contribution in [2.24, 2.45) is 10.9 Å². The Bertz CT molecular complexity index is 448. The minimum atomic E-state index is -0.0763. The second kappa shape index (κ2) is 9.41. The summed E-state index contributed by atoms with van der Waals surface area (Å²) in [7, 11) is 7.74. The van der Waals surface area contributed by atoms with Crippen molar-refractivity contribution in [3.63, 3.8) is 0 Å². The van der Waals surface area contributed by atoms with Crippen molar-refractivity contribution in [2.45, 2.75) is 56.9 Å². The number of likely N-dealkylation sites (tertiary alicyclic amines) is 1. The summed E-state index contributed by atoms with van der Waals surface area (Å²) in [4.78, 5) is 20.9. The number of hydrogen-bond acceptors (Lipinski definition) is 4. The molecule has 1 saturated carbocycles. The Morgan fingerprint density at radius 2 is 1.80 bits per heavy atom. The van der Waals surface area contributed by atoms with Gasteiger partial charge in [-0.05, 0) is 39.8 Å². The molecule has 2 rings (SSSR count). The quantitative estimate of drug-likeness (QED) is 0.363. The van der Waals surface area contributed by atoms with Crippen molar-refractivity contribution in [3.8, 4) is 0 Å². The standard InChI is InChI=1S/C19H36N4O2/c1-20-18(23-13-9-16(10-14-23)17(24)25-4)21-15-19(22(2)3)11-7-5-6-8-12-19/h16H,5-15H2,1-4H3,(H,20,21). The second-order valence-corrected chi connectivity index (χ2v) is 7.72. The van der Waals surface area contributed by atoms with Gasteiger partial charge in [0.1, 0.15) is 0 Å². The molecule has 0 aromatic carbocycles. The van der Waals surface area contributed by atoms with Crippen molar-refractivity contribution < 1.29 is 9.53 Å². The maximum Gasteiger partial charge on any atom is 0.308 e. The van der Waals surface area contributed by atoms with Gasteiger partial charge in [0.2, 0.25) is 0 Å². The van der Waals surface area contributed by atoms with Crippen LogP contribution in [0.25, 0.3) is 0 Å². The van der Waals surface area contributed by atoms with E-state index in [9.17, 15) is 4.79 Å². The predicted molar refractivity (Wildman–Crippen MR) is 102 cm³/mol. The lowest BCUT2D eigenvalue weighted by molar-refractivity contribution is -0.146. The molecule has 25 heavy (non-hydrogen) atoms. The monoisotopic (exact) mass is 352 g/mol. The summed E-state index contributed by atoms with van der Waals surface area (Å²) in [6, 6.07) is 0. The van der Waals surface area contributed by atoms with Gasteiger partial charge >= 0.3 is 5.97 Å². The van der Waals surface area contributed by atoms with Gasteiger partial charge in [0.05, 0.1) is 13.0 Å². The molecule has 2 fully saturated rings. The highest BCUT2D eigenvalue weighted by Crippen LogP contribution is 2.30. The first-order chi connectivity index (χ1) is 12.0. The molecule has 1 heterocycles. The molecule has 0 radical (unpaired) electrons. The van der Waals surface area contributed by atoms with Gasteiger partial charge in [-0.15, -0.1) is 0 Å². The van der Waals surface area contributed by atoms with E-state index in [1.807, 2.05) is 7.05 Å². The molecule has 0 aromatic rings. The van der Waals surface area contributed by atoms with Crippen LogP contribution in [0.4, 0.5) is 0 Å². The molecule has 144 valence electrons. The first kappa shape index (κ1) is 20.0. The molecule has 1 saturated heterocycles. The Kier molecular flexibility index (Phi) is 7.54. The van der Waals surface area contributed by atoms with E-state index in [1.54, 1.807) is 0 Å². The number of hydrogen-bond donors (Lipinski definition) is 1. The minimum absolute atomic E-state index is 0.0364. The Balaban J connectivity index is 1.92. The summed E-state index contributed by atoms with van der Waals surface area (Å²) in [5.74, 6) is 0.927. The molecule has 1 N–H and O–H groups in total. The molecular weight excluding hydrogens is 316 g/mol. The number of ether oxygens (including phenoxy) is 1. The van der Waals surface area contributed by atoms with E-state index in [4.69, 9.17) is 4.74 Å². The first-order valence-corrected chi connectivity index (χ1v) is 9.73. The Morgan fingerprint density at radius 1 is 1.20 bits per heavy atom. The van der Waals surface area contributed by atoms with Crippen LogP contribution in [0.3, 0.4) is 0 Å². The third kappa shape index (κ3) is 5.09. The fourth-order valence-electron chi connectivity index (χ4n) is 4.24. The Labute approximate surface area is 153 Å². The van der Waals surface area contributed by atoms with Crippen LogP contribution in [-0.2, 0) is 9.53 Å². The van der Waals surface area contributed by atoms with Crippen molar-refractivity contribution in [3.05, 3.63) is 0 Å². The number of methoxy groups -OCH3 is 1. The van der Waals surface area contributed by atoms with Gasteiger partial charge in [0, 0.05) is 32.2 Å². The van der Waals surface area contributed by atoms with E-state index in [0.717, 1.165) is 38.4 Å². The molecule has 0 spiro atoms. The zero-order valence-electron chi connectivity index (χ0n) is 16.5. The van der Waals surface area contributed by atoms with Crippen molar-refractivity contribution >= 4 is 11.9 Å². The normalized spacial score (nSPS) is 22.6. The van der Waals surface area contributed by atoms with Gasteiger partial charge in [-0.3, -0.25) is 9.79 Å². The zero-order chi connectivity index (χ0) is 18.3. The highest BCUT2D eigenvalue weighted by Gasteiger charge is 2.34. The molecule has 6 heteroatoms. The number of esters is 1. The molecule has 0 unspecified atom stereocenters. The zero-order valence-corrected chi connectivity index (χ0v) is 16.5. The maximum absolute atomic E-state index is 11.7. The summed E-state index contributed by atoms with van der Waals surface area (Å²) in [5, 5.41) is 3.63. The maximum atomic E-state index is 11.7. The molecule has 1 aliphatic carbocycles. The van der Waals surface area contributed by atoms with Crippen molar-refractivity contribution in [1.29, 1.82) is 0 Å². The van der Waals surface area contributed by atoms with E-state index in [1.165, 1.54) is 45.6 Å². The minimum Gasteiger partial charge on any atom is -0.469 e. The predicted octanol–water partition coefficient (Wildman–Crippen LogP) is 2.10. The molecule has 0 bridgehead atoms. The van der Waals surface area contributed by atoms with E-state index < -0.39 is 0 Å². The molecule has 6 nitrogen and oxygen atoms in total. The van der Waals surface area contributed by atoms with Crippen LogP contribution in [0.15, 0.2) is 4.99 Å². The van der Waals surface area contributed by atoms with Crippen LogP contribution < -0.4 is 5.32 Å². The average Bonchev–Trinajstić information content (AvgIpc) is 2.89. The van der Waals surface area contributed by atoms with Gasteiger partial charge in [-0.1, -0.05) is 25.7 Å². The highest BCUT2D eigenvalue weighted by atomic mass is 16.5. The third-order valence-electron chi connectivity index (χ3n) is 6.10. The number of nitrogens with zero attached hydrogens (tertiary/aromatic N) is 3. The van der Waals surface area contributed by atoms with Gasteiger partial charge in [-0.2, -0.15) is 0 Å². The number of guanidine groups is 1. The lowest BCUT2D eigenvalue weighted by Crippen LogP contribution is -2.55. The molecule has 0 atom stereocenters. The first-order valence-electron chi connectivity index (χ1n) is 9.73. The lowest BCUT2D eigenvalue weighted by atomic mass is 9.88. The van der Waals surface area contributed by atoms with Crippen LogP contribution in [0.2, 0.25) is 0 Å². The van der Waals surface area contributed by atoms with Crippen LogP contribution in [0, 0.1) is 5.92 Å². The molecule has 2 aliphatic rings. The van der Waals surface area contributed by atoms with Crippen molar-refractivity contribution in [1.82, 2.24) is 15.1 Å². The molecular formula is C19H36N4O2. The number of nitrogens with one attached hydrogen (secondary N) is 1. The summed E-state index contributed by atoms with van der Waals surface area (Å²) in [6.07, 6.45) is 9.49. The number of piperidine rings is 1. The average molecular weight is 353 g/mol. The summed E-state index contributed by atoms with van der Waals surface area (Å²) in [6.45, 7) is 2.65. The van der Waals surface area contributed by atoms with E-state index in [2.05, 4.69) is 34.2 Å². The van der Waals surface area contributed by atoms with Gasteiger partial charge in [-0.25, -0.2) is 0 Å². The summed E-state index contributed by atoms with van der Waals surface area (Å²) in [5.41, 5.74) is 0.219. The smallest absolute Gasteiger partial charge is 0.308 e. The van der Waals surface area contributed by atoms with Crippen LogP contribution in [0.1, 0.15) is 51.4 Å². The van der Waals surface area contributed by atoms with E-state index >= 15 is 0 Å². The molecule has 1 aliphatic heterocycles.